The molecule has 4 rings (SSSR count). The Kier molecular flexibility index (Phi) is 4.74. The molecule has 3 heterocycles. The molecule has 2 atom stereocenters. The molecule has 1 aromatic carbocycles. The second kappa shape index (κ2) is 7.12. The maximum Gasteiger partial charge on any atom is 0.416 e. The van der Waals surface area contributed by atoms with E-state index < -0.39 is 35.7 Å². The second-order valence-electron chi connectivity index (χ2n) is 6.49. The second-order valence-corrected chi connectivity index (χ2v) is 7.60. The van der Waals surface area contributed by atoms with Crippen LogP contribution in [0, 0.1) is 0 Å². The Labute approximate surface area is 165 Å². The summed E-state index contributed by atoms with van der Waals surface area (Å²) in [5, 5.41) is 13.7. The highest BCUT2D eigenvalue weighted by atomic mass is 32.1. The van der Waals surface area contributed by atoms with Crippen LogP contribution in [-0.2, 0) is 22.3 Å². The normalized spacial score (nSPS) is 21.7. The summed E-state index contributed by atoms with van der Waals surface area (Å²) in [7, 11) is 0. The van der Waals surface area contributed by atoms with Crippen molar-refractivity contribution < 1.29 is 27.9 Å². The number of alkyl halides is 3. The minimum Gasteiger partial charge on any atom is -0.481 e. The fourth-order valence-corrected chi connectivity index (χ4v) is 4.15. The van der Waals surface area contributed by atoms with Crippen molar-refractivity contribution >= 4 is 39.1 Å². The van der Waals surface area contributed by atoms with Gasteiger partial charge in [0.15, 0.2) is 0 Å². The number of hydrazine groups is 1. The van der Waals surface area contributed by atoms with Gasteiger partial charge in [0.1, 0.15) is 10.7 Å². The molecule has 1 unspecified atom stereocenters. The summed E-state index contributed by atoms with van der Waals surface area (Å²) in [6.45, 7) is -0.0366. The molecule has 2 aliphatic rings. The van der Waals surface area contributed by atoms with Crippen molar-refractivity contribution in [2.24, 2.45) is 4.99 Å². The largest absolute Gasteiger partial charge is 0.481 e. The lowest BCUT2D eigenvalue weighted by Crippen LogP contribution is -2.67. The number of amides is 1. The SMILES string of the molecule is O=C(O)CC1NN(Cc2nc3cc(C(F)(F)F)ccc3s2)C(=O)C2=NC=CN[C@H]21. The molecule has 8 nitrogen and oxygen atoms in total. The molecule has 29 heavy (non-hydrogen) atoms. The van der Waals surface area contributed by atoms with Crippen LogP contribution in [0.15, 0.2) is 35.6 Å². The molecule has 1 aromatic heterocycles. The van der Waals surface area contributed by atoms with Crippen molar-refractivity contribution in [2.45, 2.75) is 31.2 Å². The van der Waals surface area contributed by atoms with E-state index in [0.717, 1.165) is 23.5 Å². The average molecular weight is 425 g/mol. The van der Waals surface area contributed by atoms with Gasteiger partial charge in [-0.3, -0.25) is 19.6 Å². The Morgan fingerprint density at radius 3 is 2.86 bits per heavy atom. The van der Waals surface area contributed by atoms with Gasteiger partial charge in [-0.05, 0) is 18.2 Å². The number of halogens is 3. The number of aliphatic carboxylic acids is 1. The number of aliphatic imine (C=N–C) groups is 1. The van der Waals surface area contributed by atoms with Crippen LogP contribution >= 0.6 is 11.3 Å². The fraction of sp³-hybridized carbons (Fsp3) is 0.294. The third-order valence-corrected chi connectivity index (χ3v) is 5.52. The average Bonchev–Trinajstić information content (AvgIpc) is 3.06. The maximum atomic E-state index is 12.9. The number of benzene rings is 1. The van der Waals surface area contributed by atoms with Gasteiger partial charge >= 0.3 is 12.1 Å². The molecule has 0 radical (unpaired) electrons. The van der Waals surface area contributed by atoms with Crippen LogP contribution in [0.1, 0.15) is 17.0 Å². The zero-order valence-electron chi connectivity index (χ0n) is 14.6. The van der Waals surface area contributed by atoms with Gasteiger partial charge in [0.05, 0.1) is 40.8 Å². The lowest BCUT2D eigenvalue weighted by atomic mass is 9.96. The number of fused-ring (bicyclic) bond motifs is 2. The molecule has 0 bridgehead atoms. The molecule has 0 spiro atoms. The lowest BCUT2D eigenvalue weighted by Gasteiger charge is -2.39. The van der Waals surface area contributed by atoms with E-state index in [0.29, 0.717) is 9.71 Å². The van der Waals surface area contributed by atoms with Crippen LogP contribution in [0.3, 0.4) is 0 Å². The van der Waals surface area contributed by atoms with Gasteiger partial charge < -0.3 is 10.4 Å². The number of hydrogen-bond donors (Lipinski definition) is 3. The number of thiazole rings is 1. The molecule has 0 saturated carbocycles. The number of nitrogens with zero attached hydrogens (tertiary/aromatic N) is 3. The molecule has 12 heteroatoms. The monoisotopic (exact) mass is 425 g/mol. The van der Waals surface area contributed by atoms with Gasteiger partial charge in [0.2, 0.25) is 0 Å². The first-order valence-corrected chi connectivity index (χ1v) is 9.29. The van der Waals surface area contributed by atoms with Crippen molar-refractivity contribution in [2.75, 3.05) is 0 Å². The zero-order chi connectivity index (χ0) is 20.8. The number of carboxylic acids is 1. The number of aromatic nitrogens is 1. The van der Waals surface area contributed by atoms with Crippen molar-refractivity contribution in [1.82, 2.24) is 20.7 Å². The van der Waals surface area contributed by atoms with Crippen molar-refractivity contribution in [3.05, 3.63) is 41.2 Å². The van der Waals surface area contributed by atoms with Crippen LogP contribution in [0.4, 0.5) is 13.2 Å². The Morgan fingerprint density at radius 1 is 1.34 bits per heavy atom. The topological polar surface area (TPSA) is 107 Å². The number of carbonyl (C=O) groups excluding carboxylic acids is 1. The first kappa shape index (κ1) is 19.3. The van der Waals surface area contributed by atoms with Gasteiger partial charge in [-0.2, -0.15) is 13.2 Å². The first-order chi connectivity index (χ1) is 13.7. The predicted octanol–water partition coefficient (Wildman–Crippen LogP) is 1.89. The maximum absolute atomic E-state index is 12.9. The van der Waals surface area contributed by atoms with E-state index in [9.17, 15) is 22.8 Å². The van der Waals surface area contributed by atoms with Gasteiger partial charge in [-0.1, -0.05) is 0 Å². The first-order valence-electron chi connectivity index (χ1n) is 8.47. The summed E-state index contributed by atoms with van der Waals surface area (Å²) < 4.78 is 39.2. The van der Waals surface area contributed by atoms with Crippen LogP contribution in [0.25, 0.3) is 10.2 Å². The number of carboxylic acid groups (broad SMARTS) is 1. The van der Waals surface area contributed by atoms with E-state index in [-0.39, 0.29) is 24.2 Å². The Balaban J connectivity index is 1.60. The smallest absolute Gasteiger partial charge is 0.416 e. The minimum absolute atomic E-state index is 0.0366. The standard InChI is InChI=1S/C17H14F3N5O3S/c18-17(19,20)8-1-2-11-9(5-8)23-12(29-11)7-25-16(28)15-14(21-3-4-22-15)10(24-25)6-13(26)27/h1-5,10,14,21,24H,6-7H2,(H,26,27)/t10?,14-/m0/s1. The van der Waals surface area contributed by atoms with Crippen LogP contribution in [-0.4, -0.2) is 44.8 Å². The van der Waals surface area contributed by atoms with E-state index in [2.05, 4.69) is 20.7 Å². The Bertz CT molecular complexity index is 1050. The quantitative estimate of drug-likeness (QED) is 0.691. The molecule has 1 saturated heterocycles. The van der Waals surface area contributed by atoms with Gasteiger partial charge in [-0.15, -0.1) is 11.3 Å². The van der Waals surface area contributed by atoms with E-state index in [4.69, 9.17) is 5.11 Å². The van der Waals surface area contributed by atoms with E-state index >= 15 is 0 Å². The van der Waals surface area contributed by atoms with Crippen LogP contribution in [0.2, 0.25) is 0 Å². The molecule has 2 aliphatic heterocycles. The summed E-state index contributed by atoms with van der Waals surface area (Å²) >= 11 is 1.16. The molecular weight excluding hydrogens is 411 g/mol. The van der Waals surface area contributed by atoms with Crippen LogP contribution in [0.5, 0.6) is 0 Å². The summed E-state index contributed by atoms with van der Waals surface area (Å²) in [5.74, 6) is -1.50. The molecule has 152 valence electrons. The third-order valence-electron chi connectivity index (χ3n) is 4.49. The van der Waals surface area contributed by atoms with Gasteiger partial charge in [0, 0.05) is 12.4 Å². The summed E-state index contributed by atoms with van der Waals surface area (Å²) in [5.41, 5.74) is 2.43. The molecule has 2 aromatic rings. The highest BCUT2D eigenvalue weighted by molar-refractivity contribution is 7.18. The highest BCUT2D eigenvalue weighted by Crippen LogP contribution is 2.33. The Hall–Kier alpha value is -2.99. The predicted molar refractivity (Wildman–Crippen MR) is 97.8 cm³/mol. The fourth-order valence-electron chi connectivity index (χ4n) is 3.21. The van der Waals surface area contributed by atoms with E-state index in [1.54, 1.807) is 0 Å². The van der Waals surface area contributed by atoms with Gasteiger partial charge in [0.25, 0.3) is 5.91 Å². The van der Waals surface area contributed by atoms with Gasteiger partial charge in [-0.25, -0.2) is 10.4 Å². The third kappa shape index (κ3) is 3.80. The summed E-state index contributed by atoms with van der Waals surface area (Å²) in [6, 6.07) is 2.05. The van der Waals surface area contributed by atoms with Crippen molar-refractivity contribution in [1.29, 1.82) is 0 Å². The summed E-state index contributed by atoms with van der Waals surface area (Å²) in [6.07, 6.45) is -1.80. The number of carbonyl (C=O) groups is 2. The Morgan fingerprint density at radius 2 is 2.14 bits per heavy atom. The zero-order valence-corrected chi connectivity index (χ0v) is 15.4. The highest BCUT2D eigenvalue weighted by Gasteiger charge is 2.41. The van der Waals surface area contributed by atoms with E-state index in [1.165, 1.54) is 23.5 Å². The van der Waals surface area contributed by atoms with E-state index in [1.807, 2.05) is 0 Å². The molecule has 1 fully saturated rings. The summed E-state index contributed by atoms with van der Waals surface area (Å²) in [4.78, 5) is 32.2. The number of hydrogen-bond acceptors (Lipinski definition) is 7. The van der Waals surface area contributed by atoms with Crippen molar-refractivity contribution in [3.63, 3.8) is 0 Å². The number of rotatable bonds is 4. The molecule has 1 amide bonds. The molecule has 3 N–H and O–H groups in total. The molecular formula is C17H14F3N5O3S. The van der Waals surface area contributed by atoms with Crippen molar-refractivity contribution in [3.8, 4) is 0 Å². The minimum atomic E-state index is -4.47. The number of nitrogens with one attached hydrogen (secondary N) is 2. The van der Waals surface area contributed by atoms with Crippen LogP contribution < -0.4 is 10.7 Å². The lowest BCUT2D eigenvalue weighted by molar-refractivity contribution is -0.140. The molecule has 0 aliphatic carbocycles.